The van der Waals surface area contributed by atoms with Gasteiger partial charge in [-0.2, -0.15) is 0 Å². The lowest BCUT2D eigenvalue weighted by Crippen LogP contribution is -2.46. The number of aromatic amines is 1. The number of benzene rings is 3. The Hall–Kier alpha value is -4.50. The van der Waals surface area contributed by atoms with Gasteiger partial charge in [-0.1, -0.05) is 42.5 Å². The lowest BCUT2D eigenvalue weighted by molar-refractivity contribution is -0.142. The zero-order valence-electron chi connectivity index (χ0n) is 23.8. The van der Waals surface area contributed by atoms with Crippen molar-refractivity contribution in [2.75, 3.05) is 54.2 Å². The normalized spacial score (nSPS) is 10.8. The summed E-state index contributed by atoms with van der Waals surface area (Å²) in [4.78, 5) is 33.5. The third-order valence-electron chi connectivity index (χ3n) is 6.85. The van der Waals surface area contributed by atoms with Crippen LogP contribution < -0.4 is 14.2 Å². The van der Waals surface area contributed by atoms with Gasteiger partial charge in [0.25, 0.3) is 5.91 Å². The molecule has 0 atom stereocenters. The first-order valence-electron chi connectivity index (χ1n) is 13.5. The van der Waals surface area contributed by atoms with Crippen molar-refractivity contribution < 1.29 is 28.5 Å². The number of methoxy groups -OCH3 is 3. The van der Waals surface area contributed by atoms with E-state index in [1.54, 1.807) is 38.4 Å². The summed E-state index contributed by atoms with van der Waals surface area (Å²) in [5.74, 6) is 1.32. The SMILES string of the molecule is COCCN(CC(=O)N(CCc1c[nH]c2ccccc12)Cc1ccc(OC)c(OC)c1)C(=O)COc1ccccc1. The van der Waals surface area contributed by atoms with E-state index in [1.165, 1.54) is 4.90 Å². The number of carbonyl (C=O) groups is 2. The smallest absolute Gasteiger partial charge is 0.261 e. The van der Waals surface area contributed by atoms with Crippen molar-refractivity contribution in [2.24, 2.45) is 0 Å². The first-order chi connectivity index (χ1) is 20.0. The quantitative estimate of drug-likeness (QED) is 0.233. The van der Waals surface area contributed by atoms with Gasteiger partial charge in [-0.3, -0.25) is 9.59 Å². The van der Waals surface area contributed by atoms with Gasteiger partial charge < -0.3 is 33.7 Å². The maximum atomic E-state index is 13.8. The van der Waals surface area contributed by atoms with Gasteiger partial charge in [0, 0.05) is 43.8 Å². The van der Waals surface area contributed by atoms with Crippen LogP contribution in [-0.4, -0.2) is 80.8 Å². The molecule has 3 aromatic carbocycles. The molecule has 1 heterocycles. The van der Waals surface area contributed by atoms with Crippen LogP contribution in [0.2, 0.25) is 0 Å². The Balaban J connectivity index is 1.51. The fourth-order valence-corrected chi connectivity index (χ4v) is 4.59. The molecule has 0 spiro atoms. The molecule has 9 heteroatoms. The third kappa shape index (κ3) is 8.02. The fraction of sp³-hybridized carbons (Fsp3) is 0.312. The molecule has 1 N–H and O–H groups in total. The Bertz CT molecular complexity index is 1420. The molecule has 4 aromatic rings. The number of nitrogens with zero attached hydrogens (tertiary/aromatic N) is 2. The van der Waals surface area contributed by atoms with Crippen molar-refractivity contribution in [3.63, 3.8) is 0 Å². The molecule has 0 radical (unpaired) electrons. The van der Waals surface area contributed by atoms with Gasteiger partial charge in [0.2, 0.25) is 5.91 Å². The summed E-state index contributed by atoms with van der Waals surface area (Å²) in [6.07, 6.45) is 2.63. The standard InChI is InChI=1S/C32H37N3O6/c1-38-18-17-35(32(37)23-41-26-9-5-4-6-10-26)22-31(36)34(21-24-13-14-29(39-2)30(19-24)40-3)16-15-25-20-33-28-12-8-7-11-27(25)28/h4-14,19-20,33H,15-18,21-23H2,1-3H3. The molecule has 0 aliphatic rings. The molecule has 0 fully saturated rings. The summed E-state index contributed by atoms with van der Waals surface area (Å²) in [6.45, 7) is 1.10. The van der Waals surface area contributed by atoms with Gasteiger partial charge in [0.1, 0.15) is 5.75 Å². The predicted octanol–water partition coefficient (Wildman–Crippen LogP) is 4.31. The van der Waals surface area contributed by atoms with Crippen molar-refractivity contribution in [2.45, 2.75) is 13.0 Å². The van der Waals surface area contributed by atoms with E-state index >= 15 is 0 Å². The predicted molar refractivity (Wildman–Crippen MR) is 157 cm³/mol. The largest absolute Gasteiger partial charge is 0.493 e. The molecule has 0 bridgehead atoms. The maximum absolute atomic E-state index is 13.8. The number of para-hydroxylation sites is 2. The summed E-state index contributed by atoms with van der Waals surface area (Å²) in [5.41, 5.74) is 3.06. The van der Waals surface area contributed by atoms with E-state index < -0.39 is 0 Å². The second-order valence-electron chi connectivity index (χ2n) is 9.52. The number of nitrogens with one attached hydrogen (secondary N) is 1. The van der Waals surface area contributed by atoms with Crippen LogP contribution in [0.25, 0.3) is 10.9 Å². The summed E-state index contributed by atoms with van der Waals surface area (Å²) in [5, 5.41) is 1.13. The summed E-state index contributed by atoms with van der Waals surface area (Å²) < 4.78 is 21.7. The average molecular weight is 560 g/mol. The maximum Gasteiger partial charge on any atom is 0.261 e. The zero-order valence-corrected chi connectivity index (χ0v) is 23.8. The number of hydrogen-bond donors (Lipinski definition) is 1. The summed E-state index contributed by atoms with van der Waals surface area (Å²) in [7, 11) is 4.73. The Kier molecular flexibility index (Phi) is 10.6. The number of fused-ring (bicyclic) bond motifs is 1. The van der Waals surface area contributed by atoms with Crippen LogP contribution in [0.4, 0.5) is 0 Å². The van der Waals surface area contributed by atoms with Crippen LogP contribution in [-0.2, 0) is 27.3 Å². The van der Waals surface area contributed by atoms with Crippen molar-refractivity contribution in [3.8, 4) is 17.2 Å². The molecule has 41 heavy (non-hydrogen) atoms. The molecule has 2 amide bonds. The van der Waals surface area contributed by atoms with E-state index in [2.05, 4.69) is 11.1 Å². The average Bonchev–Trinajstić information content (AvgIpc) is 3.43. The minimum Gasteiger partial charge on any atom is -0.493 e. The van der Waals surface area contributed by atoms with E-state index in [0.29, 0.717) is 43.4 Å². The highest BCUT2D eigenvalue weighted by atomic mass is 16.5. The lowest BCUT2D eigenvalue weighted by atomic mass is 10.1. The number of aromatic nitrogens is 1. The first kappa shape index (κ1) is 29.5. The second-order valence-corrected chi connectivity index (χ2v) is 9.52. The molecule has 0 saturated heterocycles. The lowest BCUT2D eigenvalue weighted by Gasteiger charge is -2.28. The van der Waals surface area contributed by atoms with Crippen LogP contribution in [0.1, 0.15) is 11.1 Å². The van der Waals surface area contributed by atoms with Gasteiger partial charge in [0.05, 0.1) is 27.4 Å². The van der Waals surface area contributed by atoms with E-state index in [9.17, 15) is 9.59 Å². The highest BCUT2D eigenvalue weighted by molar-refractivity contribution is 5.86. The molecule has 0 saturated carbocycles. The number of amides is 2. The minimum atomic E-state index is -0.290. The second kappa shape index (κ2) is 14.8. The molecule has 9 nitrogen and oxygen atoms in total. The molecule has 4 rings (SSSR count). The van der Waals surface area contributed by atoms with E-state index in [-0.39, 0.29) is 31.5 Å². The van der Waals surface area contributed by atoms with Crippen molar-refractivity contribution >= 4 is 22.7 Å². The van der Waals surface area contributed by atoms with Crippen LogP contribution >= 0.6 is 0 Å². The molecular formula is C32H37N3O6. The molecule has 0 unspecified atom stereocenters. The van der Waals surface area contributed by atoms with Crippen molar-refractivity contribution in [1.29, 1.82) is 0 Å². The van der Waals surface area contributed by atoms with Gasteiger partial charge in [0.15, 0.2) is 18.1 Å². The Morgan fingerprint density at radius 3 is 2.32 bits per heavy atom. The molecule has 0 aliphatic heterocycles. The number of carbonyl (C=O) groups excluding carboxylic acids is 2. The highest BCUT2D eigenvalue weighted by Crippen LogP contribution is 2.28. The van der Waals surface area contributed by atoms with Gasteiger partial charge >= 0.3 is 0 Å². The van der Waals surface area contributed by atoms with Crippen LogP contribution in [0, 0.1) is 0 Å². The molecule has 216 valence electrons. The monoisotopic (exact) mass is 559 g/mol. The zero-order chi connectivity index (χ0) is 29.0. The van der Waals surface area contributed by atoms with E-state index in [0.717, 1.165) is 22.0 Å². The summed E-state index contributed by atoms with van der Waals surface area (Å²) in [6, 6.07) is 22.8. The van der Waals surface area contributed by atoms with Crippen LogP contribution in [0.5, 0.6) is 17.2 Å². The number of ether oxygens (including phenoxy) is 4. The number of rotatable bonds is 15. The summed E-state index contributed by atoms with van der Waals surface area (Å²) >= 11 is 0. The first-order valence-corrected chi connectivity index (χ1v) is 13.5. The number of hydrogen-bond acceptors (Lipinski definition) is 6. The Morgan fingerprint density at radius 2 is 1.56 bits per heavy atom. The topological polar surface area (TPSA) is 93.3 Å². The third-order valence-corrected chi connectivity index (χ3v) is 6.85. The van der Waals surface area contributed by atoms with Gasteiger partial charge in [-0.25, -0.2) is 0 Å². The Morgan fingerprint density at radius 1 is 0.805 bits per heavy atom. The Labute approximate surface area is 240 Å². The van der Waals surface area contributed by atoms with E-state index in [4.69, 9.17) is 18.9 Å². The minimum absolute atomic E-state index is 0.0957. The van der Waals surface area contributed by atoms with Gasteiger partial charge in [-0.05, 0) is 47.9 Å². The van der Waals surface area contributed by atoms with Crippen LogP contribution in [0.3, 0.4) is 0 Å². The fourth-order valence-electron chi connectivity index (χ4n) is 4.59. The highest BCUT2D eigenvalue weighted by Gasteiger charge is 2.23. The number of H-pyrrole nitrogens is 1. The van der Waals surface area contributed by atoms with Crippen molar-refractivity contribution in [3.05, 3.63) is 90.1 Å². The van der Waals surface area contributed by atoms with Gasteiger partial charge in [-0.15, -0.1) is 0 Å². The molecular weight excluding hydrogens is 522 g/mol. The molecule has 0 aliphatic carbocycles. The molecule has 1 aromatic heterocycles. The van der Waals surface area contributed by atoms with E-state index in [1.807, 2.05) is 60.8 Å². The van der Waals surface area contributed by atoms with Crippen molar-refractivity contribution in [1.82, 2.24) is 14.8 Å². The van der Waals surface area contributed by atoms with Crippen LogP contribution in [0.15, 0.2) is 79.0 Å².